The highest BCUT2D eigenvalue weighted by Crippen LogP contribution is 2.54. The van der Waals surface area contributed by atoms with Crippen LogP contribution in [0.1, 0.15) is 40.0 Å². The molecule has 0 rings (SSSR count). The molecule has 2 unspecified atom stereocenters. The van der Waals surface area contributed by atoms with Crippen molar-refractivity contribution in [3.63, 3.8) is 0 Å². The molecule has 2 atom stereocenters. The van der Waals surface area contributed by atoms with Crippen molar-refractivity contribution in [3.8, 4) is 0 Å². The van der Waals surface area contributed by atoms with Gasteiger partial charge in [0.05, 0.1) is 0 Å². The molecule has 0 saturated carbocycles. The number of hydrogen-bond donors (Lipinski definition) is 3. The smallest absolute Gasteiger partial charge is 0.353 e. The van der Waals surface area contributed by atoms with E-state index in [0.717, 1.165) is 18.4 Å². The van der Waals surface area contributed by atoms with Crippen LogP contribution in [-0.4, -0.2) is 26.6 Å². The van der Waals surface area contributed by atoms with Crippen LogP contribution in [0.3, 0.4) is 0 Å². The van der Waals surface area contributed by atoms with E-state index < -0.39 is 27.1 Å². The van der Waals surface area contributed by atoms with E-state index in [1.54, 1.807) is 6.08 Å². The van der Waals surface area contributed by atoms with Crippen LogP contribution in [0.25, 0.3) is 0 Å². The minimum Gasteiger partial charge on any atom is -0.353 e. The van der Waals surface area contributed by atoms with E-state index in [-0.39, 0.29) is 6.42 Å². The molecule has 0 aliphatic rings. The first-order valence-corrected chi connectivity index (χ1v) is 9.27. The SMILES string of the molecule is CC(C)=CCC/C(C)=C/CC([P+](=O)CO)P(=O)(O)O. The zero-order chi connectivity index (χ0) is 15.1. The van der Waals surface area contributed by atoms with Gasteiger partial charge in [0.25, 0.3) is 5.40 Å². The van der Waals surface area contributed by atoms with Gasteiger partial charge in [-0.3, -0.25) is 4.57 Å². The molecule has 0 aromatic carbocycles. The third-order valence-electron chi connectivity index (χ3n) is 2.63. The van der Waals surface area contributed by atoms with Gasteiger partial charge >= 0.3 is 15.4 Å². The van der Waals surface area contributed by atoms with Gasteiger partial charge in [0, 0.05) is 6.42 Å². The van der Waals surface area contributed by atoms with Crippen molar-refractivity contribution in [2.75, 3.05) is 6.35 Å². The van der Waals surface area contributed by atoms with E-state index >= 15 is 0 Å². The Morgan fingerprint density at radius 1 is 1.26 bits per heavy atom. The molecule has 0 fully saturated rings. The Kier molecular flexibility index (Phi) is 8.64. The Hall–Kier alpha value is -0.310. The van der Waals surface area contributed by atoms with E-state index in [4.69, 9.17) is 14.9 Å². The number of aliphatic hydroxyl groups is 1. The van der Waals surface area contributed by atoms with Crippen LogP contribution in [0.5, 0.6) is 0 Å². The zero-order valence-corrected chi connectivity index (χ0v) is 13.4. The Balaban J connectivity index is 4.58. The van der Waals surface area contributed by atoms with Gasteiger partial charge in [0.1, 0.15) is 0 Å². The lowest BCUT2D eigenvalue weighted by atomic mass is 10.1. The van der Waals surface area contributed by atoms with Crippen LogP contribution >= 0.6 is 15.4 Å². The highest BCUT2D eigenvalue weighted by Gasteiger charge is 2.43. The first-order chi connectivity index (χ1) is 8.68. The van der Waals surface area contributed by atoms with Gasteiger partial charge < -0.3 is 14.9 Å². The molecule has 7 heteroatoms. The lowest BCUT2D eigenvalue weighted by Crippen LogP contribution is -2.04. The van der Waals surface area contributed by atoms with Crippen molar-refractivity contribution >= 4 is 15.4 Å². The van der Waals surface area contributed by atoms with Gasteiger partial charge in [-0.1, -0.05) is 27.9 Å². The third kappa shape index (κ3) is 8.46. The van der Waals surface area contributed by atoms with Crippen molar-refractivity contribution in [2.45, 2.75) is 45.4 Å². The van der Waals surface area contributed by atoms with Crippen LogP contribution in [0, 0.1) is 0 Å². The van der Waals surface area contributed by atoms with Gasteiger partial charge in [0.15, 0.2) is 0 Å². The Morgan fingerprint density at radius 2 is 1.84 bits per heavy atom. The van der Waals surface area contributed by atoms with Crippen molar-refractivity contribution < 1.29 is 24.0 Å². The van der Waals surface area contributed by atoms with Crippen LogP contribution in [-0.2, 0) is 9.13 Å². The van der Waals surface area contributed by atoms with E-state index in [1.165, 1.54) is 5.57 Å². The summed E-state index contributed by atoms with van der Waals surface area (Å²) in [6, 6.07) is 0. The van der Waals surface area contributed by atoms with Crippen LogP contribution in [0.2, 0.25) is 0 Å². The summed E-state index contributed by atoms with van der Waals surface area (Å²) in [5.41, 5.74) is 2.22. The van der Waals surface area contributed by atoms with E-state index in [2.05, 4.69) is 6.08 Å². The molecule has 0 aliphatic carbocycles. The average Bonchev–Trinajstić information content (AvgIpc) is 2.26. The largest absolute Gasteiger partial charge is 0.382 e. The Labute approximate surface area is 115 Å². The summed E-state index contributed by atoms with van der Waals surface area (Å²) in [7, 11) is -6.74. The summed E-state index contributed by atoms with van der Waals surface area (Å²) < 4.78 is 22.7. The second kappa shape index (κ2) is 8.78. The first kappa shape index (κ1) is 18.7. The molecule has 0 bridgehead atoms. The maximum atomic E-state index is 11.4. The summed E-state index contributed by atoms with van der Waals surface area (Å²) in [6.07, 6.45) is 4.79. The quantitative estimate of drug-likeness (QED) is 0.472. The second-order valence-corrected chi connectivity index (χ2v) is 8.68. The zero-order valence-electron chi connectivity index (χ0n) is 11.6. The summed E-state index contributed by atoms with van der Waals surface area (Å²) >= 11 is 0. The van der Waals surface area contributed by atoms with Crippen molar-refractivity contribution in [2.24, 2.45) is 0 Å². The molecule has 3 N–H and O–H groups in total. The first-order valence-electron chi connectivity index (χ1n) is 6.07. The molecule has 0 aromatic rings. The lowest BCUT2D eigenvalue weighted by Gasteiger charge is -2.07. The maximum absolute atomic E-state index is 11.4. The van der Waals surface area contributed by atoms with E-state index in [1.807, 2.05) is 20.8 Å². The predicted octanol–water partition coefficient (Wildman–Crippen LogP) is 3.35. The summed E-state index contributed by atoms with van der Waals surface area (Å²) in [5.74, 6) is 0. The minimum atomic E-state index is -4.45. The fourth-order valence-corrected chi connectivity index (χ4v) is 3.98. The number of aliphatic hydroxyl groups excluding tert-OH is 1. The molecule has 110 valence electrons. The van der Waals surface area contributed by atoms with Crippen LogP contribution in [0.4, 0.5) is 0 Å². The molecule has 0 amide bonds. The van der Waals surface area contributed by atoms with Gasteiger partial charge in [0.2, 0.25) is 6.35 Å². The number of rotatable bonds is 8. The second-order valence-electron chi connectivity index (χ2n) is 4.73. The average molecular weight is 309 g/mol. The lowest BCUT2D eigenvalue weighted by molar-refractivity contribution is 0.352. The molecule has 0 aromatic heterocycles. The molecule has 0 saturated heterocycles. The third-order valence-corrected chi connectivity index (χ3v) is 6.45. The van der Waals surface area contributed by atoms with Crippen LogP contribution < -0.4 is 0 Å². The normalized spacial score (nSPS) is 15.1. The number of hydrogen-bond acceptors (Lipinski definition) is 3. The molecule has 0 heterocycles. The highest BCUT2D eigenvalue weighted by atomic mass is 31.2. The summed E-state index contributed by atoms with van der Waals surface area (Å²) in [4.78, 5) is 18.2. The number of allylic oxidation sites excluding steroid dienone is 4. The topological polar surface area (TPSA) is 94.8 Å². The molecule has 5 nitrogen and oxygen atoms in total. The standard InChI is InChI=1S/C12H22O5P2/c1-10(2)5-4-6-11(3)7-8-12(18(14)9-13)19(15,16)17/h5,7,12-13H,4,6,8-9H2,1-3H3,(H-,15,16,17)/p+1/b11-7+. The fraction of sp³-hybridized carbons (Fsp3) is 0.667. The Bertz CT molecular complexity index is 404. The highest BCUT2D eigenvalue weighted by molar-refractivity contribution is 7.67. The molecule has 0 spiro atoms. The van der Waals surface area contributed by atoms with Gasteiger partial charge in [-0.15, -0.1) is 0 Å². The molecule has 19 heavy (non-hydrogen) atoms. The molecular formula is C12H23O5P2+. The van der Waals surface area contributed by atoms with E-state index in [0.29, 0.717) is 0 Å². The molecule has 0 aliphatic heterocycles. The molecule has 0 radical (unpaired) electrons. The van der Waals surface area contributed by atoms with Crippen molar-refractivity contribution in [1.29, 1.82) is 0 Å². The fourth-order valence-electron chi connectivity index (χ4n) is 1.51. The molecular weight excluding hydrogens is 286 g/mol. The van der Waals surface area contributed by atoms with Gasteiger partial charge in [-0.25, -0.2) is 0 Å². The summed E-state index contributed by atoms with van der Waals surface area (Å²) in [5, 5.41) is 7.49. The van der Waals surface area contributed by atoms with Crippen molar-refractivity contribution in [1.82, 2.24) is 0 Å². The minimum absolute atomic E-state index is 0.0285. The van der Waals surface area contributed by atoms with Crippen LogP contribution in [0.15, 0.2) is 23.3 Å². The maximum Gasteiger partial charge on any atom is 0.382 e. The van der Waals surface area contributed by atoms with Gasteiger partial charge in [-0.2, -0.15) is 0 Å². The van der Waals surface area contributed by atoms with E-state index in [9.17, 15) is 9.13 Å². The summed E-state index contributed by atoms with van der Waals surface area (Å²) in [6.45, 7) is 5.89. The monoisotopic (exact) mass is 309 g/mol. The van der Waals surface area contributed by atoms with Crippen molar-refractivity contribution in [3.05, 3.63) is 23.3 Å². The predicted molar refractivity (Wildman–Crippen MR) is 77.6 cm³/mol. The Morgan fingerprint density at radius 3 is 2.26 bits per heavy atom. The van der Waals surface area contributed by atoms with Gasteiger partial charge in [-0.05, 0) is 33.6 Å².